The average molecular weight is 121 g/mol. The summed E-state index contributed by atoms with van der Waals surface area (Å²) in [6, 6.07) is 0. The minimum atomic E-state index is 0. The molecule has 2 N–H and O–H groups in total. The molecule has 0 bridgehead atoms. The summed E-state index contributed by atoms with van der Waals surface area (Å²) in [7, 11) is 0. The van der Waals surface area contributed by atoms with Crippen LogP contribution in [0.4, 0.5) is 0 Å². The zero-order valence-electron chi connectivity index (χ0n) is 4.08. The molecule has 8 heavy (non-hydrogen) atoms. The van der Waals surface area contributed by atoms with Crippen LogP contribution in [0.1, 0.15) is 43.1 Å². The molecule has 0 aromatic carbocycles. The molecule has 0 aliphatic heterocycles. The Morgan fingerprint density at radius 1 is 0.875 bits per heavy atom. The van der Waals surface area contributed by atoms with Gasteiger partial charge in [-0.1, -0.05) is 22.3 Å². The van der Waals surface area contributed by atoms with Gasteiger partial charge < -0.3 is 5.73 Å². The summed E-state index contributed by atoms with van der Waals surface area (Å²) >= 11 is 0. The van der Waals surface area contributed by atoms with Crippen molar-refractivity contribution in [1.82, 2.24) is 0 Å². The third-order valence-corrected chi connectivity index (χ3v) is 0. The quantitative estimate of drug-likeness (QED) is 0.524. The molecule has 56 valence electrons. The second-order valence-corrected chi connectivity index (χ2v) is 2.37. The van der Waals surface area contributed by atoms with Crippen molar-refractivity contribution in [2.24, 2.45) is 5.73 Å². The van der Waals surface area contributed by atoms with Crippen molar-refractivity contribution in [1.29, 1.82) is 0 Å². The van der Waals surface area contributed by atoms with Gasteiger partial charge in [0.2, 0.25) is 0 Å². The van der Waals surface area contributed by atoms with Gasteiger partial charge in [-0.3, -0.25) is 0 Å². The maximum absolute atomic E-state index is 5.35. The molecule has 0 heterocycles. The lowest BCUT2D eigenvalue weighted by Gasteiger charge is -2.06. The molecular formula is C7H23N. The number of hydrogen-bond donors (Lipinski definition) is 1. The second kappa shape index (κ2) is 6.96. The lowest BCUT2D eigenvalue weighted by atomic mass is 10.1. The summed E-state index contributed by atoms with van der Waals surface area (Å²) in [6.07, 6.45) is 0. The van der Waals surface area contributed by atoms with Gasteiger partial charge in [-0.15, -0.1) is 0 Å². The van der Waals surface area contributed by atoms with Gasteiger partial charge in [0.15, 0.2) is 0 Å². The highest BCUT2D eigenvalue weighted by molar-refractivity contribution is 4.60. The van der Waals surface area contributed by atoms with Crippen molar-refractivity contribution >= 4 is 0 Å². The van der Waals surface area contributed by atoms with E-state index < -0.39 is 0 Å². The van der Waals surface area contributed by atoms with E-state index in [9.17, 15) is 0 Å². The van der Waals surface area contributed by atoms with Crippen LogP contribution in [0.15, 0.2) is 0 Å². The van der Waals surface area contributed by atoms with E-state index in [2.05, 4.69) is 0 Å². The molecule has 0 aliphatic rings. The molecule has 1 heteroatoms. The second-order valence-electron chi connectivity index (χ2n) is 2.37. The fourth-order valence-corrected chi connectivity index (χ4v) is 0. The van der Waals surface area contributed by atoms with Crippen molar-refractivity contribution < 1.29 is 0 Å². The fraction of sp³-hybridized carbons (Fsp3) is 1.00. The van der Waals surface area contributed by atoms with Crippen LogP contribution in [0.3, 0.4) is 0 Å². The van der Waals surface area contributed by atoms with Gasteiger partial charge >= 0.3 is 0 Å². The van der Waals surface area contributed by atoms with E-state index in [1.807, 2.05) is 20.8 Å². The average Bonchev–Trinajstić information content (AvgIpc) is 0.722. The van der Waals surface area contributed by atoms with E-state index in [-0.39, 0.29) is 27.8 Å². The van der Waals surface area contributed by atoms with Crippen LogP contribution in [0.5, 0.6) is 0 Å². The molecule has 0 saturated carbocycles. The Balaban J connectivity index is -0.0000000267. The molecule has 0 aromatic heterocycles. The highest BCUT2D eigenvalue weighted by Gasteiger charge is 1.95. The Morgan fingerprint density at radius 3 is 0.875 bits per heavy atom. The van der Waals surface area contributed by atoms with Gasteiger partial charge in [-0.05, 0) is 20.8 Å². The first-order valence-corrected chi connectivity index (χ1v) is 1.79. The number of hydrogen-bond acceptors (Lipinski definition) is 1. The van der Waals surface area contributed by atoms with Gasteiger partial charge in [0.25, 0.3) is 0 Å². The molecule has 0 rings (SSSR count). The van der Waals surface area contributed by atoms with Crippen LogP contribution < -0.4 is 5.73 Å². The third-order valence-electron chi connectivity index (χ3n) is 0. The highest BCUT2D eigenvalue weighted by Crippen LogP contribution is 1.88. The summed E-state index contributed by atoms with van der Waals surface area (Å²) in [5.74, 6) is 0. The van der Waals surface area contributed by atoms with Crippen LogP contribution in [-0.4, -0.2) is 5.54 Å². The molecule has 0 fully saturated rings. The Hall–Kier alpha value is -0.0400. The van der Waals surface area contributed by atoms with Crippen molar-refractivity contribution in [3.8, 4) is 0 Å². The standard InChI is InChI=1S/C4H11N.3CH4/c1-4(2,3)5;;;/h5H2,1-3H3;3*1H4. The van der Waals surface area contributed by atoms with Crippen LogP contribution in [0.25, 0.3) is 0 Å². The van der Waals surface area contributed by atoms with Crippen molar-refractivity contribution in [3.05, 3.63) is 0 Å². The lowest BCUT2D eigenvalue weighted by Crippen LogP contribution is -2.26. The molecule has 0 unspecified atom stereocenters. The van der Waals surface area contributed by atoms with E-state index in [1.165, 1.54) is 0 Å². The largest absolute Gasteiger partial charge is 0.326 e. The topological polar surface area (TPSA) is 26.0 Å². The van der Waals surface area contributed by atoms with E-state index >= 15 is 0 Å². The van der Waals surface area contributed by atoms with Crippen LogP contribution in [0.2, 0.25) is 0 Å². The summed E-state index contributed by atoms with van der Waals surface area (Å²) < 4.78 is 0. The van der Waals surface area contributed by atoms with Crippen LogP contribution >= 0.6 is 0 Å². The predicted molar refractivity (Wildman–Crippen MR) is 44.1 cm³/mol. The van der Waals surface area contributed by atoms with Gasteiger partial charge in [-0.2, -0.15) is 0 Å². The van der Waals surface area contributed by atoms with Gasteiger partial charge in [0, 0.05) is 5.54 Å². The van der Waals surface area contributed by atoms with Gasteiger partial charge in [-0.25, -0.2) is 0 Å². The van der Waals surface area contributed by atoms with Crippen LogP contribution in [-0.2, 0) is 0 Å². The summed E-state index contributed by atoms with van der Waals surface area (Å²) in [4.78, 5) is 0. The minimum absolute atomic E-state index is 0. The maximum atomic E-state index is 5.35. The smallest absolute Gasteiger partial charge is 0.00686 e. The Bertz CT molecular complexity index is 19.9. The molecule has 0 atom stereocenters. The lowest BCUT2D eigenvalue weighted by molar-refractivity contribution is 0.580. The molecule has 0 aliphatic carbocycles. The number of nitrogens with two attached hydrogens (primary N) is 1. The van der Waals surface area contributed by atoms with E-state index in [4.69, 9.17) is 5.73 Å². The molecule has 0 saturated heterocycles. The summed E-state index contributed by atoms with van der Waals surface area (Å²) in [5.41, 5.74) is 5.35. The molecule has 0 spiro atoms. The van der Waals surface area contributed by atoms with E-state index in [0.29, 0.717) is 0 Å². The maximum Gasteiger partial charge on any atom is 0.00686 e. The monoisotopic (exact) mass is 121 g/mol. The van der Waals surface area contributed by atoms with Gasteiger partial charge in [0.05, 0.1) is 0 Å². The number of rotatable bonds is 0. The van der Waals surface area contributed by atoms with Crippen molar-refractivity contribution in [2.75, 3.05) is 0 Å². The molecule has 0 radical (unpaired) electrons. The summed E-state index contributed by atoms with van der Waals surface area (Å²) in [6.45, 7) is 5.90. The normalized spacial score (nSPS) is 7.50. The Kier molecular flexibility index (Phi) is 21.4. The molecule has 1 nitrogen and oxygen atoms in total. The van der Waals surface area contributed by atoms with Gasteiger partial charge in [0.1, 0.15) is 0 Å². The summed E-state index contributed by atoms with van der Waals surface area (Å²) in [5, 5.41) is 0. The van der Waals surface area contributed by atoms with E-state index in [0.717, 1.165) is 0 Å². The zero-order chi connectivity index (χ0) is 4.50. The fourth-order valence-electron chi connectivity index (χ4n) is 0. The predicted octanol–water partition coefficient (Wildman–Crippen LogP) is 2.65. The Morgan fingerprint density at radius 2 is 0.875 bits per heavy atom. The Labute approximate surface area is 55.3 Å². The molecule has 0 amide bonds. The van der Waals surface area contributed by atoms with Crippen LogP contribution in [0, 0.1) is 0 Å². The minimum Gasteiger partial charge on any atom is -0.326 e. The first-order chi connectivity index (χ1) is 2.00. The highest BCUT2D eigenvalue weighted by atomic mass is 14.7. The van der Waals surface area contributed by atoms with Crippen molar-refractivity contribution in [3.63, 3.8) is 0 Å². The zero-order valence-corrected chi connectivity index (χ0v) is 4.08. The molecule has 0 aromatic rings. The first kappa shape index (κ1) is 24.6. The third kappa shape index (κ3) is 91600. The first-order valence-electron chi connectivity index (χ1n) is 1.79. The SMILES string of the molecule is C.C.C.CC(C)(C)N. The van der Waals surface area contributed by atoms with E-state index in [1.54, 1.807) is 0 Å². The van der Waals surface area contributed by atoms with Crippen molar-refractivity contribution in [2.45, 2.75) is 48.6 Å². The molecular weight excluding hydrogens is 98.1 g/mol.